The van der Waals surface area contributed by atoms with E-state index < -0.39 is 15.8 Å². The molecule has 1 fully saturated rings. The van der Waals surface area contributed by atoms with E-state index in [9.17, 15) is 4.79 Å². The van der Waals surface area contributed by atoms with Crippen molar-refractivity contribution >= 4 is 40.6 Å². The molecule has 2 bridgehead atoms. The molecular weight excluding hydrogens is 222 g/mol. The highest BCUT2D eigenvalue weighted by atomic mass is 35.5. The van der Waals surface area contributed by atoms with Gasteiger partial charge in [-0.3, -0.25) is 4.79 Å². The molecule has 0 unspecified atom stereocenters. The molecule has 12 heavy (non-hydrogen) atoms. The topological polar surface area (TPSA) is 26.3 Å². The van der Waals surface area contributed by atoms with Crippen molar-refractivity contribution in [2.45, 2.75) is 21.9 Å². The van der Waals surface area contributed by atoms with Crippen molar-refractivity contribution in [1.29, 1.82) is 0 Å². The molecule has 0 radical (unpaired) electrons. The molecule has 2 rings (SSSR count). The van der Waals surface area contributed by atoms with E-state index in [1.165, 1.54) is 0 Å². The zero-order valence-corrected chi connectivity index (χ0v) is 8.10. The van der Waals surface area contributed by atoms with Crippen LogP contribution >= 0.6 is 34.8 Å². The van der Waals surface area contributed by atoms with Gasteiger partial charge >= 0.3 is 0 Å². The van der Waals surface area contributed by atoms with Gasteiger partial charge in [0, 0.05) is 0 Å². The molecule has 0 aliphatic carbocycles. The minimum atomic E-state index is -1.52. The van der Waals surface area contributed by atoms with Gasteiger partial charge in [-0.1, -0.05) is 35.4 Å². The molecule has 1 saturated heterocycles. The number of ether oxygens (including phenoxy) is 1. The summed E-state index contributed by atoms with van der Waals surface area (Å²) in [5.74, 6) is -0.376. The molecular formula is C7H5Cl3O2. The van der Waals surface area contributed by atoms with Gasteiger partial charge in [0.25, 0.3) is 0 Å². The fraction of sp³-hybridized carbons (Fsp3) is 0.571. The smallest absolute Gasteiger partial charge is 0.206 e. The lowest BCUT2D eigenvalue weighted by atomic mass is 10.1. The van der Waals surface area contributed by atoms with Crippen LogP contribution in [0, 0.1) is 0 Å². The minimum absolute atomic E-state index is 0.366. The molecule has 0 aromatic heterocycles. The van der Waals surface area contributed by atoms with Crippen LogP contribution in [0.25, 0.3) is 0 Å². The molecule has 2 aliphatic heterocycles. The molecule has 2 nitrogen and oxygen atoms in total. The van der Waals surface area contributed by atoms with Crippen molar-refractivity contribution in [3.05, 3.63) is 12.2 Å². The zero-order chi connectivity index (χ0) is 8.93. The number of halogens is 3. The Kier molecular flexibility index (Phi) is 1.92. The number of hydrogen-bond acceptors (Lipinski definition) is 2. The summed E-state index contributed by atoms with van der Waals surface area (Å²) in [5.41, 5.74) is 0. The largest absolute Gasteiger partial charge is 0.361 e. The Morgan fingerprint density at radius 3 is 2.75 bits per heavy atom. The van der Waals surface area contributed by atoms with Gasteiger partial charge in [0.2, 0.25) is 4.33 Å². The number of rotatable bonds is 0. The first kappa shape index (κ1) is 8.82. The predicted molar refractivity (Wildman–Crippen MR) is 46.9 cm³/mol. The van der Waals surface area contributed by atoms with E-state index in [0.717, 1.165) is 0 Å². The normalized spacial score (nSPS) is 43.6. The standard InChI is InChI=1S/C7H5Cl3O2/c8-5-3-1-2-4(12-3)7(9,10)6(5)11/h1-5H/t3-,4+,5-/m1/s1. The Hall–Kier alpha value is 0.240. The summed E-state index contributed by atoms with van der Waals surface area (Å²) in [7, 11) is 0. The van der Waals surface area contributed by atoms with Crippen LogP contribution in [0.1, 0.15) is 0 Å². The highest BCUT2D eigenvalue weighted by molar-refractivity contribution is 6.61. The number of alkyl halides is 3. The van der Waals surface area contributed by atoms with Gasteiger partial charge in [-0.05, 0) is 0 Å². The summed E-state index contributed by atoms with van der Waals surface area (Å²) in [5, 5.41) is -0.769. The van der Waals surface area contributed by atoms with Crippen LogP contribution in [0.4, 0.5) is 0 Å². The minimum Gasteiger partial charge on any atom is -0.361 e. The van der Waals surface area contributed by atoms with Crippen LogP contribution < -0.4 is 0 Å². The fourth-order valence-corrected chi connectivity index (χ4v) is 2.23. The molecule has 0 aromatic rings. The van der Waals surface area contributed by atoms with Crippen molar-refractivity contribution in [3.63, 3.8) is 0 Å². The maximum atomic E-state index is 11.4. The molecule has 2 aliphatic rings. The SMILES string of the molecule is O=C1[C@H](Cl)[C@H]2C=C[C@H](O2)C1(Cl)Cl. The van der Waals surface area contributed by atoms with Gasteiger partial charge in [0.15, 0.2) is 5.78 Å². The number of carbonyl (C=O) groups excluding carboxylic acids is 1. The maximum Gasteiger partial charge on any atom is 0.206 e. The lowest BCUT2D eigenvalue weighted by Crippen LogP contribution is -2.51. The second-order valence-electron chi connectivity index (χ2n) is 2.80. The Balaban J connectivity index is 2.38. The Morgan fingerprint density at radius 2 is 2.08 bits per heavy atom. The quantitative estimate of drug-likeness (QED) is 0.465. The first-order valence-corrected chi connectivity index (χ1v) is 4.62. The second kappa shape index (κ2) is 2.61. The third kappa shape index (κ3) is 1.02. The molecule has 66 valence electrons. The number of hydrogen-bond donors (Lipinski definition) is 0. The van der Waals surface area contributed by atoms with Crippen molar-refractivity contribution in [3.8, 4) is 0 Å². The van der Waals surface area contributed by atoms with Gasteiger partial charge in [-0.2, -0.15) is 0 Å². The fourth-order valence-electron chi connectivity index (χ4n) is 1.32. The van der Waals surface area contributed by atoms with Crippen LogP contribution in [0.5, 0.6) is 0 Å². The molecule has 0 spiro atoms. The maximum absolute atomic E-state index is 11.4. The number of fused-ring (bicyclic) bond motifs is 2. The zero-order valence-electron chi connectivity index (χ0n) is 5.84. The molecule has 5 heteroatoms. The third-order valence-electron chi connectivity index (χ3n) is 2.00. The summed E-state index contributed by atoms with van der Waals surface area (Å²) in [6.45, 7) is 0. The van der Waals surface area contributed by atoms with E-state index in [0.29, 0.717) is 0 Å². The van der Waals surface area contributed by atoms with Crippen LogP contribution in [0.15, 0.2) is 12.2 Å². The van der Waals surface area contributed by atoms with Crippen molar-refractivity contribution in [2.75, 3.05) is 0 Å². The molecule has 0 saturated carbocycles. The first-order chi connectivity index (χ1) is 5.53. The van der Waals surface area contributed by atoms with E-state index in [-0.39, 0.29) is 11.9 Å². The van der Waals surface area contributed by atoms with E-state index in [2.05, 4.69) is 0 Å². The van der Waals surface area contributed by atoms with Crippen molar-refractivity contribution in [1.82, 2.24) is 0 Å². The van der Waals surface area contributed by atoms with Gasteiger partial charge in [-0.25, -0.2) is 0 Å². The van der Waals surface area contributed by atoms with E-state index >= 15 is 0 Å². The Labute approximate surface area is 84.4 Å². The predicted octanol–water partition coefficient (Wildman–Crippen LogP) is 1.67. The Morgan fingerprint density at radius 1 is 1.42 bits per heavy atom. The number of Topliss-reactive ketones (excluding diaryl/α,β-unsaturated/α-hetero) is 1. The average molecular weight is 227 g/mol. The van der Waals surface area contributed by atoms with Crippen LogP contribution in [0.3, 0.4) is 0 Å². The highest BCUT2D eigenvalue weighted by Gasteiger charge is 2.54. The lowest BCUT2D eigenvalue weighted by Gasteiger charge is -2.33. The number of carbonyl (C=O) groups is 1. The van der Waals surface area contributed by atoms with Gasteiger partial charge in [0.1, 0.15) is 17.6 Å². The van der Waals surface area contributed by atoms with Crippen molar-refractivity contribution in [2.24, 2.45) is 0 Å². The van der Waals surface area contributed by atoms with Gasteiger partial charge < -0.3 is 4.74 Å². The molecule has 0 aromatic carbocycles. The van der Waals surface area contributed by atoms with Crippen LogP contribution in [0.2, 0.25) is 0 Å². The third-order valence-corrected chi connectivity index (χ3v) is 3.25. The van der Waals surface area contributed by atoms with Crippen LogP contribution in [-0.4, -0.2) is 27.7 Å². The summed E-state index contributed by atoms with van der Waals surface area (Å²) in [6.07, 6.45) is 2.47. The van der Waals surface area contributed by atoms with Crippen LogP contribution in [-0.2, 0) is 9.53 Å². The Bertz CT molecular complexity index is 261. The average Bonchev–Trinajstić information content (AvgIpc) is 2.46. The van der Waals surface area contributed by atoms with Crippen molar-refractivity contribution < 1.29 is 9.53 Å². The first-order valence-electron chi connectivity index (χ1n) is 3.43. The molecule has 3 atom stereocenters. The number of ketones is 1. The summed E-state index contributed by atoms with van der Waals surface area (Å²) >= 11 is 17.3. The van der Waals surface area contributed by atoms with E-state index in [4.69, 9.17) is 39.5 Å². The van der Waals surface area contributed by atoms with Gasteiger partial charge in [0.05, 0.1) is 0 Å². The van der Waals surface area contributed by atoms with Gasteiger partial charge in [-0.15, -0.1) is 11.6 Å². The monoisotopic (exact) mass is 226 g/mol. The van der Waals surface area contributed by atoms with E-state index in [1.807, 2.05) is 0 Å². The molecule has 0 amide bonds. The summed E-state index contributed by atoms with van der Waals surface area (Å²) < 4.78 is 3.75. The summed E-state index contributed by atoms with van der Waals surface area (Å²) in [6, 6.07) is 0. The molecule has 0 N–H and O–H groups in total. The lowest BCUT2D eigenvalue weighted by molar-refractivity contribution is -0.129. The molecule has 2 heterocycles. The summed E-state index contributed by atoms with van der Waals surface area (Å²) in [4.78, 5) is 11.4. The van der Waals surface area contributed by atoms with E-state index in [1.54, 1.807) is 12.2 Å². The highest BCUT2D eigenvalue weighted by Crippen LogP contribution is 2.41. The second-order valence-corrected chi connectivity index (χ2v) is 4.65.